The van der Waals surface area contributed by atoms with Gasteiger partial charge in [0.15, 0.2) is 0 Å². The van der Waals surface area contributed by atoms with Crippen molar-refractivity contribution in [2.75, 3.05) is 0 Å². The van der Waals surface area contributed by atoms with Gasteiger partial charge in [-0.1, -0.05) is 41.4 Å². The molecule has 116 valence electrons. The number of hydrogen-bond acceptors (Lipinski definition) is 3. The summed E-state index contributed by atoms with van der Waals surface area (Å²) in [6, 6.07) is 10.7. The third-order valence-electron chi connectivity index (χ3n) is 3.11. The molecule has 0 bridgehead atoms. The molecule has 0 spiro atoms. The van der Waals surface area contributed by atoms with Crippen LogP contribution in [0.25, 0.3) is 0 Å². The predicted octanol–water partition coefficient (Wildman–Crippen LogP) is 3.58. The molecular weight excluding hydrogens is 320 g/mol. The highest BCUT2D eigenvalue weighted by molar-refractivity contribution is 7.89. The fourth-order valence-corrected chi connectivity index (χ4v) is 3.84. The average Bonchev–Trinajstić information content (AvgIpc) is 2.36. The maximum atomic E-state index is 12.4. The molecular formula is C16H17ClN2O2S. The molecule has 0 amide bonds. The highest BCUT2D eigenvalue weighted by Crippen LogP contribution is 2.21. The Kier molecular flexibility index (Phi) is 4.88. The summed E-state index contributed by atoms with van der Waals surface area (Å²) >= 11 is 5.87. The zero-order valence-electron chi connectivity index (χ0n) is 12.6. The van der Waals surface area contributed by atoms with Crippen molar-refractivity contribution in [1.29, 1.82) is 0 Å². The Morgan fingerprint density at radius 2 is 1.73 bits per heavy atom. The molecule has 0 saturated carbocycles. The van der Waals surface area contributed by atoms with Crippen LogP contribution >= 0.6 is 11.6 Å². The van der Waals surface area contributed by atoms with E-state index in [1.54, 1.807) is 38.1 Å². The Hall–Kier alpha value is -1.85. The van der Waals surface area contributed by atoms with Crippen molar-refractivity contribution in [3.05, 3.63) is 63.7 Å². The maximum Gasteiger partial charge on any atom is 0.277 e. The van der Waals surface area contributed by atoms with Crippen molar-refractivity contribution in [2.45, 2.75) is 25.7 Å². The predicted molar refractivity (Wildman–Crippen MR) is 90.0 cm³/mol. The molecule has 0 atom stereocenters. The summed E-state index contributed by atoms with van der Waals surface area (Å²) in [4.78, 5) is 2.51. The lowest BCUT2D eigenvalue weighted by atomic mass is 10.1. The molecule has 1 N–H and O–H groups in total. The maximum absolute atomic E-state index is 12.4. The van der Waals surface area contributed by atoms with Crippen LogP contribution in [0.3, 0.4) is 0 Å². The van der Waals surface area contributed by atoms with E-state index in [9.17, 15) is 8.42 Å². The van der Waals surface area contributed by atoms with Crippen LogP contribution in [0, 0.1) is 20.8 Å². The van der Waals surface area contributed by atoms with Crippen LogP contribution in [-0.4, -0.2) is 14.6 Å². The number of halogens is 1. The van der Waals surface area contributed by atoms with Crippen LogP contribution in [0.5, 0.6) is 0 Å². The second kappa shape index (κ2) is 6.50. The SMILES string of the molecule is Cc1cc(C)c(S(=O)(=O)N/N=C\c2cccc(Cl)c2)c(C)c1. The van der Waals surface area contributed by atoms with Gasteiger partial charge >= 0.3 is 0 Å². The van der Waals surface area contributed by atoms with E-state index in [4.69, 9.17) is 11.6 Å². The van der Waals surface area contributed by atoms with Gasteiger partial charge in [-0.2, -0.15) is 13.5 Å². The van der Waals surface area contributed by atoms with Crippen molar-refractivity contribution in [3.63, 3.8) is 0 Å². The van der Waals surface area contributed by atoms with Gasteiger partial charge in [-0.05, 0) is 49.6 Å². The molecule has 22 heavy (non-hydrogen) atoms. The minimum Gasteiger partial charge on any atom is -0.200 e. The minimum absolute atomic E-state index is 0.265. The van der Waals surface area contributed by atoms with E-state index < -0.39 is 10.0 Å². The number of nitrogens with one attached hydrogen (secondary N) is 1. The van der Waals surface area contributed by atoms with Crippen molar-refractivity contribution in [3.8, 4) is 0 Å². The van der Waals surface area contributed by atoms with Crippen molar-refractivity contribution in [1.82, 2.24) is 4.83 Å². The van der Waals surface area contributed by atoms with E-state index in [0.29, 0.717) is 21.7 Å². The molecule has 0 unspecified atom stereocenters. The van der Waals surface area contributed by atoms with Gasteiger partial charge in [0.05, 0.1) is 11.1 Å². The standard InChI is InChI=1S/C16H17ClN2O2S/c1-11-7-12(2)16(13(3)8-11)22(20,21)19-18-10-14-5-4-6-15(17)9-14/h4-10,19H,1-3H3/b18-10-. The van der Waals surface area contributed by atoms with Crippen LogP contribution in [0.15, 0.2) is 46.4 Å². The summed E-state index contributed by atoms with van der Waals surface area (Å²) in [5.74, 6) is 0. The molecule has 0 aliphatic heterocycles. The van der Waals surface area contributed by atoms with Crippen LogP contribution < -0.4 is 4.83 Å². The second-order valence-corrected chi connectivity index (χ2v) is 7.17. The molecule has 0 aliphatic carbocycles. The van der Waals surface area contributed by atoms with E-state index in [2.05, 4.69) is 9.93 Å². The highest BCUT2D eigenvalue weighted by atomic mass is 35.5. The summed E-state index contributed by atoms with van der Waals surface area (Å²) in [5, 5.41) is 4.38. The van der Waals surface area contributed by atoms with Crippen LogP contribution in [0.4, 0.5) is 0 Å². The Morgan fingerprint density at radius 3 is 2.32 bits per heavy atom. The molecule has 2 aromatic carbocycles. The first-order valence-electron chi connectivity index (χ1n) is 6.68. The number of sulfonamides is 1. The molecule has 4 nitrogen and oxygen atoms in total. The minimum atomic E-state index is -3.70. The molecule has 2 rings (SSSR count). The molecule has 0 aromatic heterocycles. The summed E-state index contributed by atoms with van der Waals surface area (Å²) in [6.45, 7) is 5.48. The normalized spacial score (nSPS) is 11.8. The average molecular weight is 337 g/mol. The van der Waals surface area contributed by atoms with Gasteiger partial charge in [-0.25, -0.2) is 4.83 Å². The van der Waals surface area contributed by atoms with Crippen molar-refractivity contribution in [2.24, 2.45) is 5.10 Å². The third kappa shape index (κ3) is 3.87. The van der Waals surface area contributed by atoms with Crippen molar-refractivity contribution < 1.29 is 8.42 Å². The van der Waals surface area contributed by atoms with Gasteiger partial charge in [0.2, 0.25) is 0 Å². The first-order valence-corrected chi connectivity index (χ1v) is 8.54. The lowest BCUT2D eigenvalue weighted by Crippen LogP contribution is -2.20. The van der Waals surface area contributed by atoms with Crippen molar-refractivity contribution >= 4 is 27.8 Å². The van der Waals surface area contributed by atoms with E-state index in [0.717, 1.165) is 5.56 Å². The molecule has 2 aromatic rings. The number of nitrogens with zero attached hydrogens (tertiary/aromatic N) is 1. The second-order valence-electron chi connectivity index (χ2n) is 5.14. The molecule has 0 aliphatic rings. The molecule has 0 heterocycles. The van der Waals surface area contributed by atoms with Gasteiger partial charge in [0.25, 0.3) is 10.0 Å². The zero-order chi connectivity index (χ0) is 16.3. The van der Waals surface area contributed by atoms with Gasteiger partial charge < -0.3 is 0 Å². The molecule has 0 fully saturated rings. The van der Waals surface area contributed by atoms with Gasteiger partial charge in [0.1, 0.15) is 0 Å². The largest absolute Gasteiger partial charge is 0.277 e. The lowest BCUT2D eigenvalue weighted by molar-refractivity contribution is 0.583. The topological polar surface area (TPSA) is 58.5 Å². The smallest absolute Gasteiger partial charge is 0.200 e. The summed E-state index contributed by atoms with van der Waals surface area (Å²) < 4.78 is 24.8. The van der Waals surface area contributed by atoms with Gasteiger partial charge in [-0.3, -0.25) is 0 Å². The first kappa shape index (κ1) is 16.5. The summed E-state index contributed by atoms with van der Waals surface area (Å²) in [7, 11) is -3.70. The van der Waals surface area contributed by atoms with E-state index in [1.165, 1.54) is 6.21 Å². The zero-order valence-corrected chi connectivity index (χ0v) is 14.2. The fraction of sp³-hybridized carbons (Fsp3) is 0.188. The lowest BCUT2D eigenvalue weighted by Gasteiger charge is -2.11. The third-order valence-corrected chi connectivity index (χ3v) is 4.87. The fourth-order valence-electron chi connectivity index (χ4n) is 2.39. The molecule has 6 heteroatoms. The van der Waals surface area contributed by atoms with Gasteiger partial charge in [0, 0.05) is 5.02 Å². The van der Waals surface area contributed by atoms with Crippen LogP contribution in [0.2, 0.25) is 5.02 Å². The first-order chi connectivity index (χ1) is 10.3. The summed E-state index contributed by atoms with van der Waals surface area (Å²) in [5.41, 5.74) is 3.13. The highest BCUT2D eigenvalue weighted by Gasteiger charge is 2.18. The Bertz CT molecular complexity index is 807. The van der Waals surface area contributed by atoms with E-state index in [-0.39, 0.29) is 4.90 Å². The molecule has 0 radical (unpaired) electrons. The number of rotatable bonds is 4. The number of hydrogen-bond donors (Lipinski definition) is 1. The number of benzene rings is 2. The van der Waals surface area contributed by atoms with Gasteiger partial charge in [-0.15, -0.1) is 0 Å². The van der Waals surface area contributed by atoms with E-state index in [1.807, 2.05) is 19.1 Å². The molecule has 0 saturated heterocycles. The number of hydrazone groups is 1. The quantitative estimate of drug-likeness (QED) is 0.685. The Labute approximate surface area is 135 Å². The summed E-state index contributed by atoms with van der Waals surface area (Å²) in [6.07, 6.45) is 1.42. The van der Waals surface area contributed by atoms with Crippen LogP contribution in [-0.2, 0) is 10.0 Å². The Balaban J connectivity index is 2.26. The van der Waals surface area contributed by atoms with E-state index >= 15 is 0 Å². The monoisotopic (exact) mass is 336 g/mol. The Morgan fingerprint density at radius 1 is 1.09 bits per heavy atom. The number of aryl methyl sites for hydroxylation is 3. The van der Waals surface area contributed by atoms with Crippen LogP contribution in [0.1, 0.15) is 22.3 Å².